The molecule has 116 valence electrons. The van der Waals surface area contributed by atoms with Crippen LogP contribution < -0.4 is 15.9 Å². The number of ether oxygens (including phenoxy) is 2. The van der Waals surface area contributed by atoms with Gasteiger partial charge in [0, 0.05) is 0 Å². The van der Waals surface area contributed by atoms with Crippen LogP contribution >= 0.6 is 0 Å². The lowest BCUT2D eigenvalue weighted by molar-refractivity contribution is 0.242. The molecule has 1 aliphatic rings. The van der Waals surface area contributed by atoms with Gasteiger partial charge in [-0.25, -0.2) is 4.99 Å². The highest BCUT2D eigenvalue weighted by Crippen LogP contribution is 2.37. The maximum Gasteiger partial charge on any atom is 0.283 e. The summed E-state index contributed by atoms with van der Waals surface area (Å²) in [6, 6.07) is 15.7. The molecule has 5 heteroatoms. The van der Waals surface area contributed by atoms with Gasteiger partial charge in [0.1, 0.15) is 25.7 Å². The first kappa shape index (κ1) is 15.5. The van der Waals surface area contributed by atoms with Crippen LogP contribution in [0.1, 0.15) is 25.0 Å². The van der Waals surface area contributed by atoms with Crippen molar-refractivity contribution in [2.75, 3.05) is 6.61 Å². The quantitative estimate of drug-likeness (QED) is 0.877. The fourth-order valence-electron chi connectivity index (χ4n) is 2.77. The van der Waals surface area contributed by atoms with Gasteiger partial charge in [0.25, 0.3) is 6.02 Å². The number of aliphatic imine (C=N–C) groups is 1. The van der Waals surface area contributed by atoms with Crippen molar-refractivity contribution in [1.82, 2.24) is 0 Å². The number of benzene rings is 2. The SMILES string of the molecule is [B]c1cccc(C2(c3ccc(OC(C)C)cc3)COC(N)=N2)c1. The summed E-state index contributed by atoms with van der Waals surface area (Å²) in [5, 5.41) is 0. The van der Waals surface area contributed by atoms with Crippen molar-refractivity contribution in [2.24, 2.45) is 10.7 Å². The van der Waals surface area contributed by atoms with E-state index in [1.165, 1.54) is 0 Å². The lowest BCUT2D eigenvalue weighted by Gasteiger charge is -2.26. The van der Waals surface area contributed by atoms with E-state index in [1.54, 1.807) is 0 Å². The first-order chi connectivity index (χ1) is 11.0. The Morgan fingerprint density at radius 2 is 1.91 bits per heavy atom. The zero-order chi connectivity index (χ0) is 16.4. The minimum atomic E-state index is -0.671. The molecule has 2 aromatic carbocycles. The molecule has 1 atom stereocenters. The molecular formula is C18H19BN2O2. The first-order valence-corrected chi connectivity index (χ1v) is 7.61. The summed E-state index contributed by atoms with van der Waals surface area (Å²) >= 11 is 0. The zero-order valence-corrected chi connectivity index (χ0v) is 13.3. The molecule has 2 aromatic rings. The average Bonchev–Trinajstić information content (AvgIpc) is 2.91. The fourth-order valence-corrected chi connectivity index (χ4v) is 2.77. The summed E-state index contributed by atoms with van der Waals surface area (Å²) in [6.45, 7) is 4.35. The van der Waals surface area contributed by atoms with Crippen LogP contribution in [0, 0.1) is 0 Å². The van der Waals surface area contributed by atoms with Crippen LogP contribution in [-0.2, 0) is 10.3 Å². The van der Waals surface area contributed by atoms with Crippen molar-refractivity contribution in [3.05, 3.63) is 59.7 Å². The van der Waals surface area contributed by atoms with Gasteiger partial charge in [0.05, 0.1) is 6.10 Å². The minimum absolute atomic E-state index is 0.132. The number of hydrogen-bond acceptors (Lipinski definition) is 4. The van der Waals surface area contributed by atoms with E-state index in [-0.39, 0.29) is 12.1 Å². The maximum atomic E-state index is 5.94. The van der Waals surface area contributed by atoms with Gasteiger partial charge < -0.3 is 15.2 Å². The molecule has 1 heterocycles. The summed E-state index contributed by atoms with van der Waals surface area (Å²) in [7, 11) is 5.94. The second-order valence-electron chi connectivity index (χ2n) is 5.92. The van der Waals surface area contributed by atoms with E-state index in [9.17, 15) is 0 Å². The molecule has 1 unspecified atom stereocenters. The Bertz CT molecular complexity index is 728. The van der Waals surface area contributed by atoms with Crippen molar-refractivity contribution < 1.29 is 9.47 Å². The minimum Gasteiger partial charge on any atom is -0.491 e. The molecule has 0 saturated carbocycles. The molecule has 0 fully saturated rings. The van der Waals surface area contributed by atoms with E-state index in [0.717, 1.165) is 16.9 Å². The molecule has 1 aliphatic heterocycles. The normalized spacial score (nSPS) is 20.2. The maximum absolute atomic E-state index is 5.94. The average molecular weight is 306 g/mol. The van der Waals surface area contributed by atoms with Crippen LogP contribution in [0.4, 0.5) is 0 Å². The Hall–Kier alpha value is -2.43. The molecule has 0 aromatic heterocycles. The van der Waals surface area contributed by atoms with Gasteiger partial charge in [-0.3, -0.25) is 0 Å². The van der Waals surface area contributed by atoms with Crippen molar-refractivity contribution in [3.63, 3.8) is 0 Å². The first-order valence-electron chi connectivity index (χ1n) is 7.61. The van der Waals surface area contributed by atoms with Gasteiger partial charge in [0.2, 0.25) is 0 Å². The number of amidine groups is 1. The lowest BCUT2D eigenvalue weighted by Crippen LogP contribution is -2.28. The molecular weight excluding hydrogens is 287 g/mol. The number of hydrogen-bond donors (Lipinski definition) is 1. The smallest absolute Gasteiger partial charge is 0.283 e. The van der Waals surface area contributed by atoms with Gasteiger partial charge in [-0.05, 0) is 37.1 Å². The van der Waals surface area contributed by atoms with Gasteiger partial charge in [0.15, 0.2) is 0 Å². The molecule has 3 rings (SSSR count). The molecule has 0 aliphatic carbocycles. The zero-order valence-electron chi connectivity index (χ0n) is 13.3. The Kier molecular flexibility index (Phi) is 4.03. The summed E-state index contributed by atoms with van der Waals surface area (Å²) in [4.78, 5) is 4.57. The topological polar surface area (TPSA) is 56.8 Å². The van der Waals surface area contributed by atoms with Crippen LogP contribution in [0.2, 0.25) is 0 Å². The molecule has 2 radical (unpaired) electrons. The lowest BCUT2D eigenvalue weighted by atomic mass is 9.81. The van der Waals surface area contributed by atoms with Crippen molar-refractivity contribution >= 4 is 19.3 Å². The Morgan fingerprint density at radius 1 is 1.17 bits per heavy atom. The van der Waals surface area contributed by atoms with E-state index in [2.05, 4.69) is 4.99 Å². The van der Waals surface area contributed by atoms with E-state index in [4.69, 9.17) is 23.1 Å². The summed E-state index contributed by atoms with van der Waals surface area (Å²) < 4.78 is 11.2. The number of nitrogens with zero attached hydrogens (tertiary/aromatic N) is 1. The number of rotatable bonds is 4. The second kappa shape index (κ2) is 5.99. The Morgan fingerprint density at radius 3 is 2.48 bits per heavy atom. The highest BCUT2D eigenvalue weighted by atomic mass is 16.5. The largest absolute Gasteiger partial charge is 0.491 e. The van der Waals surface area contributed by atoms with E-state index in [0.29, 0.717) is 12.1 Å². The second-order valence-corrected chi connectivity index (χ2v) is 5.92. The van der Waals surface area contributed by atoms with E-state index < -0.39 is 5.54 Å². The van der Waals surface area contributed by atoms with Crippen LogP contribution in [0.3, 0.4) is 0 Å². The standard InChI is InChI=1S/C18H19BN2O2/c1-12(2)23-16-8-6-13(7-9-16)18(11-22-17(20)21-18)14-4-3-5-15(19)10-14/h3-10,12H,11H2,1-2H3,(H2,20,21). The van der Waals surface area contributed by atoms with Crippen LogP contribution in [0.25, 0.3) is 0 Å². The van der Waals surface area contributed by atoms with E-state index in [1.807, 2.05) is 62.4 Å². The van der Waals surface area contributed by atoms with Crippen molar-refractivity contribution in [2.45, 2.75) is 25.5 Å². The molecule has 0 bridgehead atoms. The van der Waals surface area contributed by atoms with Crippen LogP contribution in [0.5, 0.6) is 5.75 Å². The van der Waals surface area contributed by atoms with Gasteiger partial charge in [-0.2, -0.15) is 0 Å². The highest BCUT2D eigenvalue weighted by molar-refractivity contribution is 6.32. The monoisotopic (exact) mass is 306 g/mol. The van der Waals surface area contributed by atoms with Crippen LogP contribution in [-0.4, -0.2) is 26.6 Å². The predicted octanol–water partition coefficient (Wildman–Crippen LogP) is 1.86. The highest BCUT2D eigenvalue weighted by Gasteiger charge is 2.40. The molecule has 0 saturated heterocycles. The van der Waals surface area contributed by atoms with Crippen molar-refractivity contribution in [1.29, 1.82) is 0 Å². The van der Waals surface area contributed by atoms with Gasteiger partial charge in [-0.1, -0.05) is 41.9 Å². The Balaban J connectivity index is 2.04. The molecule has 0 amide bonds. The van der Waals surface area contributed by atoms with Gasteiger partial charge >= 0.3 is 0 Å². The van der Waals surface area contributed by atoms with Crippen molar-refractivity contribution in [3.8, 4) is 5.75 Å². The fraction of sp³-hybridized carbons (Fsp3) is 0.278. The molecule has 23 heavy (non-hydrogen) atoms. The molecule has 0 spiro atoms. The predicted molar refractivity (Wildman–Crippen MR) is 92.4 cm³/mol. The summed E-state index contributed by atoms with van der Waals surface area (Å²) in [5.41, 5.74) is 7.74. The summed E-state index contributed by atoms with van der Waals surface area (Å²) in [6.07, 6.45) is 0.132. The van der Waals surface area contributed by atoms with E-state index >= 15 is 0 Å². The third kappa shape index (κ3) is 3.04. The number of nitrogens with two attached hydrogens (primary N) is 1. The molecule has 4 nitrogen and oxygen atoms in total. The third-order valence-electron chi connectivity index (χ3n) is 3.80. The molecule has 2 N–H and O–H groups in total. The van der Waals surface area contributed by atoms with Gasteiger partial charge in [-0.15, -0.1) is 0 Å². The third-order valence-corrected chi connectivity index (χ3v) is 3.80. The Labute approximate surface area is 137 Å². The summed E-state index contributed by atoms with van der Waals surface area (Å²) in [5.74, 6) is 0.822. The van der Waals surface area contributed by atoms with Crippen LogP contribution in [0.15, 0.2) is 53.5 Å².